The van der Waals surface area contributed by atoms with E-state index in [0.717, 1.165) is 19.8 Å². The lowest BCUT2D eigenvalue weighted by atomic mass is 9.75. The number of hydrogen-bond acceptors (Lipinski definition) is 3. The molecule has 1 aliphatic carbocycles. The van der Waals surface area contributed by atoms with Gasteiger partial charge in [0, 0.05) is 6.92 Å². The number of carboxylic acids is 1. The first-order chi connectivity index (χ1) is 7.28. The predicted molar refractivity (Wildman–Crippen MR) is 60.2 cm³/mol. The minimum absolute atomic E-state index is 0.0325. The number of aliphatic hydroxyl groups excluding tert-OH is 1. The molecule has 1 heterocycles. The van der Waals surface area contributed by atoms with Crippen molar-refractivity contribution in [1.29, 1.82) is 0 Å². The molecule has 4 nitrogen and oxygen atoms in total. The number of epoxide rings is 1. The van der Waals surface area contributed by atoms with Crippen LogP contribution in [0.3, 0.4) is 0 Å². The van der Waals surface area contributed by atoms with Crippen LogP contribution in [-0.4, -0.2) is 34.0 Å². The third-order valence-electron chi connectivity index (χ3n) is 3.52. The van der Waals surface area contributed by atoms with Crippen LogP contribution < -0.4 is 0 Å². The van der Waals surface area contributed by atoms with E-state index in [2.05, 4.69) is 20.8 Å². The zero-order valence-corrected chi connectivity index (χ0v) is 10.4. The first-order valence-electron chi connectivity index (χ1n) is 5.83. The summed E-state index contributed by atoms with van der Waals surface area (Å²) in [5, 5.41) is 17.3. The van der Waals surface area contributed by atoms with Gasteiger partial charge in [0.2, 0.25) is 0 Å². The third-order valence-corrected chi connectivity index (χ3v) is 3.52. The fourth-order valence-corrected chi connectivity index (χ4v) is 2.46. The van der Waals surface area contributed by atoms with Gasteiger partial charge >= 0.3 is 0 Å². The Labute approximate surface area is 96.6 Å². The van der Waals surface area contributed by atoms with Gasteiger partial charge in [0.25, 0.3) is 5.97 Å². The summed E-state index contributed by atoms with van der Waals surface area (Å²) in [4.78, 5) is 9.00. The van der Waals surface area contributed by atoms with E-state index >= 15 is 0 Å². The van der Waals surface area contributed by atoms with E-state index in [-0.39, 0.29) is 17.8 Å². The van der Waals surface area contributed by atoms with Gasteiger partial charge in [-0.1, -0.05) is 13.8 Å². The highest BCUT2D eigenvalue weighted by atomic mass is 16.6. The summed E-state index contributed by atoms with van der Waals surface area (Å²) < 4.78 is 5.51. The summed E-state index contributed by atoms with van der Waals surface area (Å²) >= 11 is 0. The molecule has 0 amide bonds. The molecule has 0 bridgehead atoms. The lowest BCUT2D eigenvalue weighted by Crippen LogP contribution is -2.38. The first-order valence-corrected chi connectivity index (χ1v) is 5.83. The lowest BCUT2D eigenvalue weighted by Gasteiger charge is -2.30. The van der Waals surface area contributed by atoms with Crippen LogP contribution in [-0.2, 0) is 9.53 Å². The molecule has 2 rings (SSSR count). The molecule has 4 heteroatoms. The number of hydrogen-bond donors (Lipinski definition) is 2. The topological polar surface area (TPSA) is 70.1 Å². The number of ether oxygens (including phenoxy) is 1. The maximum absolute atomic E-state index is 9.89. The van der Waals surface area contributed by atoms with Gasteiger partial charge in [-0.05, 0) is 31.6 Å². The van der Waals surface area contributed by atoms with Crippen molar-refractivity contribution in [2.24, 2.45) is 11.8 Å². The Balaban J connectivity index is 0.000000280. The highest BCUT2D eigenvalue weighted by molar-refractivity contribution is 5.62. The maximum atomic E-state index is 9.89. The van der Waals surface area contributed by atoms with Crippen molar-refractivity contribution in [3.63, 3.8) is 0 Å². The van der Waals surface area contributed by atoms with Crippen molar-refractivity contribution < 1.29 is 19.7 Å². The minimum Gasteiger partial charge on any atom is -0.481 e. The number of fused-ring (bicyclic) bond motifs is 1. The molecule has 0 aromatic heterocycles. The quantitative estimate of drug-likeness (QED) is 0.672. The van der Waals surface area contributed by atoms with Crippen LogP contribution >= 0.6 is 0 Å². The zero-order chi connectivity index (χ0) is 12.5. The summed E-state index contributed by atoms with van der Waals surface area (Å²) in [6.45, 7) is 7.55. The van der Waals surface area contributed by atoms with Crippen LogP contribution in [0.15, 0.2) is 0 Å². The molecule has 1 saturated heterocycles. The molecule has 1 aliphatic heterocycles. The van der Waals surface area contributed by atoms with Crippen LogP contribution in [0.2, 0.25) is 0 Å². The van der Waals surface area contributed by atoms with Crippen molar-refractivity contribution in [3.8, 4) is 0 Å². The molecule has 2 N–H and O–H groups in total. The molecular weight excluding hydrogens is 208 g/mol. The Kier molecular flexibility index (Phi) is 3.97. The molecule has 16 heavy (non-hydrogen) atoms. The second kappa shape index (κ2) is 4.72. The van der Waals surface area contributed by atoms with Crippen molar-refractivity contribution in [2.75, 3.05) is 0 Å². The molecule has 0 aromatic rings. The average Bonchev–Trinajstić information content (AvgIpc) is 2.77. The fourth-order valence-electron chi connectivity index (χ4n) is 2.46. The maximum Gasteiger partial charge on any atom is 0.300 e. The second-order valence-electron chi connectivity index (χ2n) is 5.31. The molecule has 0 radical (unpaired) electrons. The van der Waals surface area contributed by atoms with E-state index in [1.807, 2.05) is 0 Å². The Morgan fingerprint density at radius 3 is 2.44 bits per heavy atom. The van der Waals surface area contributed by atoms with Crippen LogP contribution in [0.1, 0.15) is 40.5 Å². The van der Waals surface area contributed by atoms with Crippen LogP contribution in [0, 0.1) is 11.8 Å². The van der Waals surface area contributed by atoms with Gasteiger partial charge in [-0.25, -0.2) is 0 Å². The summed E-state index contributed by atoms with van der Waals surface area (Å²) in [6.07, 6.45) is 2.16. The van der Waals surface area contributed by atoms with Crippen molar-refractivity contribution in [2.45, 2.75) is 58.3 Å². The van der Waals surface area contributed by atoms with Gasteiger partial charge in [-0.15, -0.1) is 0 Å². The SMILES string of the molecule is CC(=O)O.CC(C)C1CCC2(C)OC2C1O. The molecule has 4 unspecified atom stereocenters. The molecule has 94 valence electrons. The number of carboxylic acid groups (broad SMARTS) is 1. The van der Waals surface area contributed by atoms with Gasteiger partial charge in [0.1, 0.15) is 6.10 Å². The Hall–Kier alpha value is -0.610. The molecule has 0 aromatic carbocycles. The zero-order valence-electron chi connectivity index (χ0n) is 10.4. The highest BCUT2D eigenvalue weighted by Gasteiger charge is 2.60. The number of carbonyl (C=O) groups is 1. The largest absolute Gasteiger partial charge is 0.481 e. The van der Waals surface area contributed by atoms with Crippen molar-refractivity contribution in [1.82, 2.24) is 0 Å². The van der Waals surface area contributed by atoms with Crippen LogP contribution in [0.5, 0.6) is 0 Å². The number of rotatable bonds is 1. The predicted octanol–water partition coefficient (Wildman–Crippen LogP) is 1.66. The van der Waals surface area contributed by atoms with E-state index in [1.54, 1.807) is 0 Å². The van der Waals surface area contributed by atoms with Gasteiger partial charge in [-0.2, -0.15) is 0 Å². The smallest absolute Gasteiger partial charge is 0.300 e. The van der Waals surface area contributed by atoms with E-state index in [9.17, 15) is 5.11 Å². The van der Waals surface area contributed by atoms with Gasteiger partial charge in [-0.3, -0.25) is 4.79 Å². The first kappa shape index (κ1) is 13.5. The fraction of sp³-hybridized carbons (Fsp3) is 0.917. The summed E-state index contributed by atoms with van der Waals surface area (Å²) in [6, 6.07) is 0. The van der Waals surface area contributed by atoms with Crippen LogP contribution in [0.4, 0.5) is 0 Å². The normalized spacial score (nSPS) is 40.8. The standard InChI is InChI=1S/C10H18O2.C2H4O2/c1-6(2)7-4-5-10(3)9(12-10)8(7)11;1-2(3)4/h6-9,11H,4-5H2,1-3H3;1H3,(H,3,4). The summed E-state index contributed by atoms with van der Waals surface area (Å²) in [7, 11) is 0. The van der Waals surface area contributed by atoms with Crippen LogP contribution in [0.25, 0.3) is 0 Å². The van der Waals surface area contributed by atoms with E-state index in [0.29, 0.717) is 11.8 Å². The Morgan fingerprint density at radius 2 is 2.00 bits per heavy atom. The van der Waals surface area contributed by atoms with E-state index < -0.39 is 5.97 Å². The molecule has 2 aliphatic rings. The van der Waals surface area contributed by atoms with Gasteiger partial charge in [0.05, 0.1) is 11.7 Å². The van der Waals surface area contributed by atoms with Crippen molar-refractivity contribution >= 4 is 5.97 Å². The molecule has 4 atom stereocenters. The lowest BCUT2D eigenvalue weighted by molar-refractivity contribution is -0.134. The molecule has 0 spiro atoms. The van der Waals surface area contributed by atoms with E-state index in [4.69, 9.17) is 14.6 Å². The van der Waals surface area contributed by atoms with Gasteiger partial charge < -0.3 is 14.9 Å². The summed E-state index contributed by atoms with van der Waals surface area (Å²) in [5.74, 6) is 0.194. The second-order valence-corrected chi connectivity index (χ2v) is 5.31. The monoisotopic (exact) mass is 230 g/mol. The number of aliphatic carboxylic acids is 1. The third kappa shape index (κ3) is 2.95. The average molecular weight is 230 g/mol. The Bertz CT molecular complexity index is 260. The highest BCUT2D eigenvalue weighted by Crippen LogP contribution is 2.50. The van der Waals surface area contributed by atoms with Gasteiger partial charge in [0.15, 0.2) is 0 Å². The van der Waals surface area contributed by atoms with Crippen molar-refractivity contribution in [3.05, 3.63) is 0 Å². The molecular formula is C12H22O4. The minimum atomic E-state index is -0.833. The number of aliphatic hydroxyl groups is 1. The molecule has 2 fully saturated rings. The summed E-state index contributed by atoms with van der Waals surface area (Å²) in [5.41, 5.74) is 0.0325. The van der Waals surface area contributed by atoms with E-state index in [1.165, 1.54) is 0 Å². The Morgan fingerprint density at radius 1 is 1.50 bits per heavy atom. The molecule has 1 saturated carbocycles.